The van der Waals surface area contributed by atoms with Crippen LogP contribution in [0.1, 0.15) is 13.3 Å². The molecule has 9 heteroatoms. The molecule has 7 nitrogen and oxygen atoms in total. The van der Waals surface area contributed by atoms with Crippen LogP contribution in [-0.4, -0.2) is 37.7 Å². The van der Waals surface area contributed by atoms with E-state index in [4.69, 9.17) is 0 Å². The van der Waals surface area contributed by atoms with E-state index in [1.807, 2.05) is 29.2 Å². The summed E-state index contributed by atoms with van der Waals surface area (Å²) in [6.07, 6.45) is -3.00. The standard InChI is InChI=1S/C20H19F2N3O4/c1-13(26)25-10-4-9-24(15-5-2-3-6-16(15)25)12-19(27)23-14-7-8-17-18(11-14)29-20(21,22)28-17/h2-3,5-8,11H,4,9-10,12H2,1H3,(H,23,27). The molecule has 2 amide bonds. The number of benzene rings is 2. The number of para-hydroxylation sites is 2. The van der Waals surface area contributed by atoms with Gasteiger partial charge in [0.25, 0.3) is 0 Å². The van der Waals surface area contributed by atoms with Crippen LogP contribution in [0.3, 0.4) is 0 Å². The maximum Gasteiger partial charge on any atom is 0.586 e. The first-order chi connectivity index (χ1) is 13.8. The molecule has 152 valence electrons. The molecule has 29 heavy (non-hydrogen) atoms. The molecule has 0 aromatic heterocycles. The molecule has 0 atom stereocenters. The number of carbonyl (C=O) groups excluding carboxylic acids is 2. The third kappa shape index (κ3) is 3.94. The van der Waals surface area contributed by atoms with E-state index >= 15 is 0 Å². The highest BCUT2D eigenvalue weighted by atomic mass is 19.3. The van der Waals surface area contributed by atoms with Crippen LogP contribution in [0.4, 0.5) is 25.8 Å². The summed E-state index contributed by atoms with van der Waals surface area (Å²) in [5.41, 5.74) is 1.87. The smallest absolute Gasteiger partial charge is 0.395 e. The van der Waals surface area contributed by atoms with Gasteiger partial charge in [0.1, 0.15) is 0 Å². The molecule has 0 fully saturated rings. The van der Waals surface area contributed by atoms with Gasteiger partial charge in [0.05, 0.1) is 17.9 Å². The molecule has 2 aliphatic rings. The van der Waals surface area contributed by atoms with Crippen LogP contribution < -0.4 is 24.6 Å². The van der Waals surface area contributed by atoms with Crippen LogP contribution in [0.2, 0.25) is 0 Å². The molecular weight excluding hydrogens is 384 g/mol. The van der Waals surface area contributed by atoms with Crippen LogP contribution in [0.25, 0.3) is 0 Å². The van der Waals surface area contributed by atoms with Crippen molar-refractivity contribution in [2.75, 3.05) is 34.8 Å². The highest BCUT2D eigenvalue weighted by Crippen LogP contribution is 2.42. The predicted molar refractivity (Wildman–Crippen MR) is 103 cm³/mol. The molecule has 2 aliphatic heterocycles. The number of anilines is 3. The lowest BCUT2D eigenvalue weighted by molar-refractivity contribution is -0.286. The van der Waals surface area contributed by atoms with E-state index in [0.29, 0.717) is 25.2 Å². The molecule has 0 bridgehead atoms. The zero-order valence-electron chi connectivity index (χ0n) is 15.7. The first-order valence-corrected chi connectivity index (χ1v) is 9.14. The lowest BCUT2D eigenvalue weighted by atomic mass is 10.2. The number of carbonyl (C=O) groups is 2. The Labute approximate surface area is 165 Å². The molecule has 2 heterocycles. The van der Waals surface area contributed by atoms with Crippen LogP contribution in [0.5, 0.6) is 11.5 Å². The number of alkyl halides is 2. The van der Waals surface area contributed by atoms with E-state index in [-0.39, 0.29) is 29.9 Å². The van der Waals surface area contributed by atoms with Gasteiger partial charge < -0.3 is 24.6 Å². The Bertz CT molecular complexity index is 966. The molecule has 2 aromatic carbocycles. The largest absolute Gasteiger partial charge is 0.586 e. The van der Waals surface area contributed by atoms with Gasteiger partial charge in [0.15, 0.2) is 11.5 Å². The zero-order valence-corrected chi connectivity index (χ0v) is 15.7. The van der Waals surface area contributed by atoms with Crippen molar-refractivity contribution in [3.05, 3.63) is 42.5 Å². The average molecular weight is 403 g/mol. The minimum atomic E-state index is -3.71. The fraction of sp³-hybridized carbons (Fsp3) is 0.300. The number of fused-ring (bicyclic) bond motifs is 2. The molecule has 0 saturated carbocycles. The van der Waals surface area contributed by atoms with Crippen molar-refractivity contribution >= 4 is 28.9 Å². The highest BCUT2D eigenvalue weighted by Gasteiger charge is 2.43. The summed E-state index contributed by atoms with van der Waals surface area (Å²) in [7, 11) is 0. The Hall–Kier alpha value is -3.36. The number of nitrogens with one attached hydrogen (secondary N) is 1. The highest BCUT2D eigenvalue weighted by molar-refractivity contribution is 5.98. The maximum absolute atomic E-state index is 13.1. The van der Waals surface area contributed by atoms with Crippen molar-refractivity contribution in [2.45, 2.75) is 19.6 Å². The van der Waals surface area contributed by atoms with E-state index in [1.54, 1.807) is 4.90 Å². The Morgan fingerprint density at radius 3 is 2.55 bits per heavy atom. The SMILES string of the molecule is CC(=O)N1CCCN(CC(=O)Nc2ccc3c(c2)OC(F)(F)O3)c2ccccc21. The third-order valence-electron chi connectivity index (χ3n) is 4.72. The Morgan fingerprint density at radius 1 is 1.07 bits per heavy atom. The van der Waals surface area contributed by atoms with Gasteiger partial charge in [0.2, 0.25) is 11.8 Å². The minimum absolute atomic E-state index is 0.0490. The van der Waals surface area contributed by atoms with Gasteiger partial charge in [-0.2, -0.15) is 0 Å². The lowest BCUT2D eigenvalue weighted by Crippen LogP contribution is -2.33. The molecule has 2 aromatic rings. The summed E-state index contributed by atoms with van der Waals surface area (Å²) in [5.74, 6) is -0.591. The molecule has 0 aliphatic carbocycles. The second kappa shape index (κ2) is 7.23. The summed E-state index contributed by atoms with van der Waals surface area (Å²) in [4.78, 5) is 28.2. The van der Waals surface area contributed by atoms with E-state index in [2.05, 4.69) is 14.8 Å². The number of hydrogen-bond donors (Lipinski definition) is 1. The quantitative estimate of drug-likeness (QED) is 0.852. The van der Waals surface area contributed by atoms with Gasteiger partial charge >= 0.3 is 6.29 Å². The molecular formula is C20H19F2N3O4. The molecule has 1 N–H and O–H groups in total. The molecule has 4 rings (SSSR count). The van der Waals surface area contributed by atoms with Crippen LogP contribution >= 0.6 is 0 Å². The summed E-state index contributed by atoms with van der Waals surface area (Å²) in [6, 6.07) is 11.5. The number of ether oxygens (including phenoxy) is 2. The Kier molecular flexibility index (Phi) is 4.73. The van der Waals surface area contributed by atoms with Crippen molar-refractivity contribution < 1.29 is 27.8 Å². The van der Waals surface area contributed by atoms with Gasteiger partial charge in [-0.05, 0) is 30.7 Å². The lowest BCUT2D eigenvalue weighted by Gasteiger charge is -2.25. The predicted octanol–water partition coefficient (Wildman–Crippen LogP) is 3.21. The van der Waals surface area contributed by atoms with Gasteiger partial charge in [-0.25, -0.2) is 0 Å². The monoisotopic (exact) mass is 403 g/mol. The van der Waals surface area contributed by atoms with E-state index < -0.39 is 6.29 Å². The average Bonchev–Trinajstić information content (AvgIpc) is 2.85. The Balaban J connectivity index is 1.49. The number of rotatable bonds is 3. The first-order valence-electron chi connectivity index (χ1n) is 9.14. The molecule has 0 saturated heterocycles. The van der Waals surface area contributed by atoms with Crippen LogP contribution in [0, 0.1) is 0 Å². The molecule has 0 radical (unpaired) electrons. The van der Waals surface area contributed by atoms with Crippen molar-refractivity contribution in [2.24, 2.45) is 0 Å². The summed E-state index contributed by atoms with van der Waals surface area (Å²) < 4.78 is 35.0. The van der Waals surface area contributed by atoms with Gasteiger partial charge in [-0.15, -0.1) is 8.78 Å². The fourth-order valence-corrected chi connectivity index (χ4v) is 3.51. The minimum Gasteiger partial charge on any atom is -0.395 e. The molecule has 0 spiro atoms. The van der Waals surface area contributed by atoms with Crippen molar-refractivity contribution in [1.29, 1.82) is 0 Å². The van der Waals surface area contributed by atoms with Crippen molar-refractivity contribution in [3.63, 3.8) is 0 Å². The number of halogens is 2. The second-order valence-corrected chi connectivity index (χ2v) is 6.81. The van der Waals surface area contributed by atoms with Crippen LogP contribution in [0.15, 0.2) is 42.5 Å². The zero-order chi connectivity index (χ0) is 20.6. The van der Waals surface area contributed by atoms with Crippen molar-refractivity contribution in [1.82, 2.24) is 0 Å². The maximum atomic E-state index is 13.1. The van der Waals surface area contributed by atoms with E-state index in [1.165, 1.54) is 25.1 Å². The van der Waals surface area contributed by atoms with E-state index in [9.17, 15) is 18.4 Å². The van der Waals surface area contributed by atoms with Gasteiger partial charge in [-0.3, -0.25) is 9.59 Å². The van der Waals surface area contributed by atoms with E-state index in [0.717, 1.165) is 11.4 Å². The fourth-order valence-electron chi connectivity index (χ4n) is 3.51. The normalized spacial score (nSPS) is 16.8. The van der Waals surface area contributed by atoms with Gasteiger partial charge in [-0.1, -0.05) is 12.1 Å². The molecule has 0 unspecified atom stereocenters. The second-order valence-electron chi connectivity index (χ2n) is 6.81. The van der Waals surface area contributed by atoms with Crippen LogP contribution in [-0.2, 0) is 9.59 Å². The third-order valence-corrected chi connectivity index (χ3v) is 4.72. The topological polar surface area (TPSA) is 71.1 Å². The summed E-state index contributed by atoms with van der Waals surface area (Å²) in [6.45, 7) is 2.73. The summed E-state index contributed by atoms with van der Waals surface area (Å²) in [5, 5.41) is 2.69. The Morgan fingerprint density at radius 2 is 1.79 bits per heavy atom. The first kappa shape index (κ1) is 19.0. The number of nitrogens with zero attached hydrogens (tertiary/aromatic N) is 2. The summed E-state index contributed by atoms with van der Waals surface area (Å²) >= 11 is 0. The van der Waals surface area contributed by atoms with Crippen molar-refractivity contribution in [3.8, 4) is 11.5 Å². The van der Waals surface area contributed by atoms with Gasteiger partial charge in [0, 0.05) is 31.8 Å². The number of amides is 2. The number of hydrogen-bond acceptors (Lipinski definition) is 5.